The highest BCUT2D eigenvalue weighted by molar-refractivity contribution is 8.13. The van der Waals surface area contributed by atoms with Crippen LogP contribution < -0.4 is 0 Å². The number of hydrogen-bond donors (Lipinski definition) is 1. The van der Waals surface area contributed by atoms with Gasteiger partial charge in [0.1, 0.15) is 11.7 Å². The number of aromatic amines is 1. The van der Waals surface area contributed by atoms with Crippen molar-refractivity contribution in [1.82, 2.24) is 15.2 Å². The van der Waals surface area contributed by atoms with Crippen molar-refractivity contribution in [2.24, 2.45) is 9.98 Å². The van der Waals surface area contributed by atoms with E-state index < -0.39 is 0 Å². The average Bonchev–Trinajstić information content (AvgIpc) is 3.12. The first kappa shape index (κ1) is 15.3. The van der Waals surface area contributed by atoms with Gasteiger partial charge in [0, 0.05) is 11.5 Å². The van der Waals surface area contributed by atoms with Crippen molar-refractivity contribution in [3.05, 3.63) is 41.2 Å². The molecule has 0 fully saturated rings. The Morgan fingerprint density at radius 2 is 1.73 bits per heavy atom. The van der Waals surface area contributed by atoms with Gasteiger partial charge in [-0.3, -0.25) is 10.1 Å². The van der Waals surface area contributed by atoms with E-state index in [1.807, 2.05) is 13.8 Å². The smallest absolute Gasteiger partial charge is 0.208 e. The number of aromatic nitrogens is 3. The quantitative estimate of drug-likeness (QED) is 0.852. The van der Waals surface area contributed by atoms with E-state index in [1.165, 1.54) is 11.1 Å². The van der Waals surface area contributed by atoms with Gasteiger partial charge < -0.3 is 0 Å². The first-order valence-electron chi connectivity index (χ1n) is 7.00. The molecule has 0 saturated heterocycles. The van der Waals surface area contributed by atoms with Gasteiger partial charge in [-0.1, -0.05) is 36.0 Å². The maximum absolute atomic E-state index is 4.40. The van der Waals surface area contributed by atoms with E-state index in [-0.39, 0.29) is 0 Å². The van der Waals surface area contributed by atoms with Crippen LogP contribution in [-0.4, -0.2) is 32.6 Å². The summed E-state index contributed by atoms with van der Waals surface area (Å²) in [5, 5.41) is 8.89. The van der Waals surface area contributed by atoms with E-state index in [4.69, 9.17) is 0 Å². The van der Waals surface area contributed by atoms with Gasteiger partial charge >= 0.3 is 0 Å². The molecule has 2 aromatic rings. The van der Waals surface area contributed by atoms with Gasteiger partial charge in [0.15, 0.2) is 0 Å². The third-order valence-corrected chi connectivity index (χ3v) is 5.05. The lowest BCUT2D eigenvalue weighted by atomic mass is 10.2. The fourth-order valence-corrected chi connectivity index (χ4v) is 3.62. The standard InChI is InChI=1S/C15H17N5S2/c1-10-16-7-14(17-10)21-8-12-3-5-13(6-4-12)9-22-15-18-11(2)19-20-15/h3-6H,7-9H2,1-2H3,(H,18,19,20). The zero-order chi connectivity index (χ0) is 15.4. The van der Waals surface area contributed by atoms with Crippen LogP contribution in [0.25, 0.3) is 0 Å². The van der Waals surface area contributed by atoms with Crippen LogP contribution in [0.2, 0.25) is 0 Å². The van der Waals surface area contributed by atoms with E-state index in [0.29, 0.717) is 0 Å². The molecule has 3 rings (SSSR count). The zero-order valence-corrected chi connectivity index (χ0v) is 14.2. The molecule has 0 spiro atoms. The van der Waals surface area contributed by atoms with Gasteiger partial charge in [-0.15, -0.1) is 16.9 Å². The summed E-state index contributed by atoms with van der Waals surface area (Å²) in [5.41, 5.74) is 2.58. The SMILES string of the molecule is CC1=NCC(SCc2ccc(CSc3n[nH]c(C)n3)cc2)=N1. The zero-order valence-electron chi connectivity index (χ0n) is 12.5. The van der Waals surface area contributed by atoms with Crippen LogP contribution >= 0.6 is 23.5 Å². The number of rotatable bonds is 5. The molecule has 0 atom stereocenters. The Hall–Kier alpha value is -1.60. The van der Waals surface area contributed by atoms with Gasteiger partial charge in [0.25, 0.3) is 0 Å². The Bertz CT molecular complexity index is 703. The number of aliphatic imine (C=N–C) groups is 2. The second-order valence-corrected chi connectivity index (χ2v) is 6.96. The van der Waals surface area contributed by atoms with E-state index in [1.54, 1.807) is 23.5 Å². The number of aryl methyl sites for hydroxylation is 1. The lowest BCUT2D eigenvalue weighted by Crippen LogP contribution is -1.94. The summed E-state index contributed by atoms with van der Waals surface area (Å²) < 4.78 is 0. The van der Waals surface area contributed by atoms with Crippen molar-refractivity contribution in [1.29, 1.82) is 0 Å². The number of amidine groups is 1. The molecule has 0 saturated carbocycles. The van der Waals surface area contributed by atoms with Gasteiger partial charge in [-0.2, -0.15) is 0 Å². The highest BCUT2D eigenvalue weighted by Gasteiger charge is 2.07. The molecule has 5 nitrogen and oxygen atoms in total. The molecule has 1 aromatic carbocycles. The van der Waals surface area contributed by atoms with Crippen molar-refractivity contribution >= 4 is 34.4 Å². The molecule has 2 heterocycles. The minimum atomic E-state index is 0.737. The molecular weight excluding hydrogens is 314 g/mol. The second kappa shape index (κ2) is 7.11. The molecule has 0 amide bonds. The van der Waals surface area contributed by atoms with Crippen LogP contribution in [0.4, 0.5) is 0 Å². The van der Waals surface area contributed by atoms with Crippen LogP contribution in [0, 0.1) is 6.92 Å². The lowest BCUT2D eigenvalue weighted by molar-refractivity contribution is 0.969. The fourth-order valence-electron chi connectivity index (χ4n) is 1.94. The summed E-state index contributed by atoms with van der Waals surface area (Å²) in [6.07, 6.45) is 0. The summed E-state index contributed by atoms with van der Waals surface area (Å²) in [6.45, 7) is 4.59. The summed E-state index contributed by atoms with van der Waals surface area (Å²) in [4.78, 5) is 13.0. The predicted octanol–water partition coefficient (Wildman–Crippen LogP) is 3.47. The van der Waals surface area contributed by atoms with Crippen LogP contribution in [0.5, 0.6) is 0 Å². The first-order chi connectivity index (χ1) is 10.7. The maximum Gasteiger partial charge on any atom is 0.208 e. The minimum absolute atomic E-state index is 0.737. The number of H-pyrrole nitrogens is 1. The molecule has 22 heavy (non-hydrogen) atoms. The normalized spacial score (nSPS) is 14.1. The number of benzene rings is 1. The molecule has 1 aliphatic rings. The second-order valence-electron chi connectivity index (χ2n) is 4.97. The number of hydrogen-bond acceptors (Lipinski definition) is 6. The summed E-state index contributed by atoms with van der Waals surface area (Å²) in [7, 11) is 0. The van der Waals surface area contributed by atoms with E-state index in [9.17, 15) is 0 Å². The Morgan fingerprint density at radius 3 is 2.27 bits per heavy atom. The Labute approximate surface area is 138 Å². The van der Waals surface area contributed by atoms with Crippen molar-refractivity contribution in [2.75, 3.05) is 6.54 Å². The Kier molecular flexibility index (Phi) is 4.94. The van der Waals surface area contributed by atoms with Gasteiger partial charge in [-0.25, -0.2) is 9.98 Å². The highest BCUT2D eigenvalue weighted by atomic mass is 32.2. The minimum Gasteiger partial charge on any atom is -0.264 e. The summed E-state index contributed by atoms with van der Waals surface area (Å²) in [6, 6.07) is 8.69. The molecule has 1 aliphatic heterocycles. The summed E-state index contributed by atoms with van der Waals surface area (Å²) >= 11 is 3.41. The van der Waals surface area contributed by atoms with Crippen molar-refractivity contribution < 1.29 is 0 Å². The van der Waals surface area contributed by atoms with Crippen molar-refractivity contribution in [3.63, 3.8) is 0 Å². The molecular formula is C15H17N5S2. The molecule has 0 radical (unpaired) electrons. The highest BCUT2D eigenvalue weighted by Crippen LogP contribution is 2.21. The maximum atomic E-state index is 4.40. The van der Waals surface area contributed by atoms with Gasteiger partial charge in [0.2, 0.25) is 5.16 Å². The van der Waals surface area contributed by atoms with Crippen LogP contribution in [0.15, 0.2) is 39.4 Å². The summed E-state index contributed by atoms with van der Waals surface area (Å²) in [5.74, 6) is 3.56. The van der Waals surface area contributed by atoms with E-state index in [0.717, 1.165) is 39.9 Å². The molecule has 1 N–H and O–H groups in total. The van der Waals surface area contributed by atoms with Crippen molar-refractivity contribution in [2.45, 2.75) is 30.5 Å². The lowest BCUT2D eigenvalue weighted by Gasteiger charge is -2.03. The molecule has 1 aromatic heterocycles. The van der Waals surface area contributed by atoms with Crippen LogP contribution in [0.1, 0.15) is 23.9 Å². The molecule has 0 unspecified atom stereocenters. The third kappa shape index (κ3) is 4.20. The first-order valence-corrected chi connectivity index (χ1v) is 8.97. The van der Waals surface area contributed by atoms with Crippen LogP contribution in [-0.2, 0) is 11.5 Å². The van der Waals surface area contributed by atoms with Crippen LogP contribution in [0.3, 0.4) is 0 Å². The topological polar surface area (TPSA) is 66.3 Å². The van der Waals surface area contributed by atoms with Gasteiger partial charge in [0.05, 0.1) is 11.6 Å². The average molecular weight is 331 g/mol. The van der Waals surface area contributed by atoms with Gasteiger partial charge in [-0.05, 0) is 25.0 Å². The predicted molar refractivity (Wildman–Crippen MR) is 93.8 cm³/mol. The molecule has 0 bridgehead atoms. The molecule has 0 aliphatic carbocycles. The Balaban J connectivity index is 1.48. The largest absolute Gasteiger partial charge is 0.264 e. The number of nitrogens with zero attached hydrogens (tertiary/aromatic N) is 4. The van der Waals surface area contributed by atoms with Crippen molar-refractivity contribution in [3.8, 4) is 0 Å². The monoisotopic (exact) mass is 331 g/mol. The van der Waals surface area contributed by atoms with E-state index >= 15 is 0 Å². The van der Waals surface area contributed by atoms with E-state index in [2.05, 4.69) is 49.4 Å². The number of thioether (sulfide) groups is 2. The molecule has 7 heteroatoms. The molecule has 114 valence electrons. The Morgan fingerprint density at radius 1 is 1.05 bits per heavy atom. The fraction of sp³-hybridized carbons (Fsp3) is 0.333. The third-order valence-electron chi connectivity index (χ3n) is 3.10. The number of nitrogens with one attached hydrogen (secondary N) is 1.